The summed E-state index contributed by atoms with van der Waals surface area (Å²) in [7, 11) is 0. The van der Waals surface area contributed by atoms with Crippen LogP contribution >= 0.6 is 12.2 Å². The SMILES string of the molecule is Cc1ccc(C(=O)NC(=S)Nc2cc(-c3cc4ccccc4oc3=O)ccc2C)cc1. The second-order valence-electron chi connectivity index (χ2n) is 7.29. The Kier molecular flexibility index (Phi) is 5.64. The average molecular weight is 429 g/mol. The fourth-order valence-electron chi connectivity index (χ4n) is 3.22. The zero-order chi connectivity index (χ0) is 22.0. The van der Waals surface area contributed by atoms with Crippen LogP contribution < -0.4 is 16.3 Å². The van der Waals surface area contributed by atoms with Crippen LogP contribution in [0.1, 0.15) is 21.5 Å². The van der Waals surface area contributed by atoms with E-state index in [1.54, 1.807) is 18.2 Å². The number of fused-ring (bicyclic) bond motifs is 1. The molecule has 4 rings (SSSR count). The summed E-state index contributed by atoms with van der Waals surface area (Å²) in [6.45, 7) is 3.87. The molecule has 6 heteroatoms. The number of aryl methyl sites for hydroxylation is 2. The number of hydrogen-bond acceptors (Lipinski definition) is 4. The van der Waals surface area contributed by atoms with Crippen molar-refractivity contribution < 1.29 is 9.21 Å². The van der Waals surface area contributed by atoms with Gasteiger partial charge in [-0.1, -0.05) is 48.0 Å². The maximum absolute atomic E-state index is 12.5. The van der Waals surface area contributed by atoms with E-state index in [1.165, 1.54) is 0 Å². The zero-order valence-corrected chi connectivity index (χ0v) is 17.9. The fourth-order valence-corrected chi connectivity index (χ4v) is 3.42. The first-order valence-electron chi connectivity index (χ1n) is 9.73. The number of carbonyl (C=O) groups is 1. The molecule has 0 aliphatic heterocycles. The lowest BCUT2D eigenvalue weighted by Gasteiger charge is -2.13. The molecular weight excluding hydrogens is 408 g/mol. The van der Waals surface area contributed by atoms with Crippen LogP contribution in [0.4, 0.5) is 5.69 Å². The lowest BCUT2D eigenvalue weighted by molar-refractivity contribution is 0.0977. The summed E-state index contributed by atoms with van der Waals surface area (Å²) in [5.74, 6) is -0.290. The molecule has 3 aromatic carbocycles. The summed E-state index contributed by atoms with van der Waals surface area (Å²) in [5, 5.41) is 6.76. The van der Waals surface area contributed by atoms with Crippen LogP contribution in [0.15, 0.2) is 82.0 Å². The molecular formula is C25H20N2O3S. The van der Waals surface area contributed by atoms with Crippen LogP contribution in [0.5, 0.6) is 0 Å². The Labute approximate surface area is 184 Å². The zero-order valence-electron chi connectivity index (χ0n) is 17.1. The number of carbonyl (C=O) groups excluding carboxylic acids is 1. The molecule has 31 heavy (non-hydrogen) atoms. The molecule has 4 aromatic rings. The predicted molar refractivity (Wildman–Crippen MR) is 128 cm³/mol. The Hall–Kier alpha value is -3.77. The van der Waals surface area contributed by atoms with Crippen LogP contribution in [0, 0.1) is 13.8 Å². The van der Waals surface area contributed by atoms with Crippen molar-refractivity contribution in [3.8, 4) is 11.1 Å². The number of thiocarbonyl (C=S) groups is 1. The molecule has 0 saturated carbocycles. The molecule has 2 N–H and O–H groups in total. The summed E-state index contributed by atoms with van der Waals surface area (Å²) in [4.78, 5) is 24.9. The van der Waals surface area contributed by atoms with E-state index in [2.05, 4.69) is 10.6 Å². The van der Waals surface area contributed by atoms with Gasteiger partial charge < -0.3 is 9.73 Å². The average Bonchev–Trinajstić information content (AvgIpc) is 2.75. The number of para-hydroxylation sites is 1. The Morgan fingerprint density at radius 3 is 2.45 bits per heavy atom. The van der Waals surface area contributed by atoms with E-state index >= 15 is 0 Å². The molecule has 1 aromatic heterocycles. The van der Waals surface area contributed by atoms with E-state index < -0.39 is 5.63 Å². The summed E-state index contributed by atoms with van der Waals surface area (Å²) in [6.07, 6.45) is 0. The molecule has 0 bridgehead atoms. The second kappa shape index (κ2) is 8.53. The van der Waals surface area contributed by atoms with Gasteiger partial charge in [-0.3, -0.25) is 10.1 Å². The molecule has 0 fully saturated rings. The minimum Gasteiger partial charge on any atom is -0.422 e. The molecule has 0 radical (unpaired) electrons. The molecule has 0 aliphatic rings. The highest BCUT2D eigenvalue weighted by atomic mass is 32.1. The lowest BCUT2D eigenvalue weighted by Crippen LogP contribution is -2.34. The van der Waals surface area contributed by atoms with E-state index in [-0.39, 0.29) is 11.0 Å². The molecule has 1 heterocycles. The first kappa shape index (κ1) is 20.5. The Bertz CT molecular complexity index is 1360. The summed E-state index contributed by atoms with van der Waals surface area (Å²) in [6, 6.07) is 22.0. The first-order valence-corrected chi connectivity index (χ1v) is 10.1. The maximum Gasteiger partial charge on any atom is 0.344 e. The topological polar surface area (TPSA) is 71.3 Å². The fraction of sp³-hybridized carbons (Fsp3) is 0.0800. The molecule has 0 unspecified atom stereocenters. The molecule has 0 atom stereocenters. The van der Waals surface area contributed by atoms with Gasteiger partial charge >= 0.3 is 5.63 Å². The van der Waals surface area contributed by atoms with E-state index in [0.29, 0.717) is 28.0 Å². The minimum absolute atomic E-state index is 0.177. The van der Waals surface area contributed by atoms with Crippen molar-refractivity contribution in [2.75, 3.05) is 5.32 Å². The van der Waals surface area contributed by atoms with E-state index in [4.69, 9.17) is 16.6 Å². The Morgan fingerprint density at radius 2 is 1.68 bits per heavy atom. The van der Waals surface area contributed by atoms with Crippen LogP contribution in [0.3, 0.4) is 0 Å². The number of anilines is 1. The van der Waals surface area contributed by atoms with Gasteiger partial charge in [-0.15, -0.1) is 0 Å². The molecule has 154 valence electrons. The van der Waals surface area contributed by atoms with Crippen LogP contribution in [0.2, 0.25) is 0 Å². The molecule has 0 saturated heterocycles. The number of hydrogen-bond donors (Lipinski definition) is 2. The van der Waals surface area contributed by atoms with Gasteiger partial charge in [0.2, 0.25) is 0 Å². The van der Waals surface area contributed by atoms with Gasteiger partial charge in [0, 0.05) is 16.6 Å². The summed E-state index contributed by atoms with van der Waals surface area (Å²) in [5.41, 5.74) is 4.49. The van der Waals surface area contributed by atoms with E-state index in [0.717, 1.165) is 16.5 Å². The molecule has 0 aliphatic carbocycles. The molecule has 1 amide bonds. The van der Waals surface area contributed by atoms with E-state index in [9.17, 15) is 9.59 Å². The van der Waals surface area contributed by atoms with Gasteiger partial charge in [-0.25, -0.2) is 4.79 Å². The standard InChI is InChI=1S/C25H20N2O3S/c1-15-7-10-17(11-8-15)23(28)27-25(31)26-21-14-18(12-9-16(21)2)20-13-19-5-3-4-6-22(19)30-24(20)29/h3-14H,1-2H3,(H2,26,27,28,31). The number of benzene rings is 3. The smallest absolute Gasteiger partial charge is 0.344 e. The molecule has 0 spiro atoms. The third kappa shape index (κ3) is 4.54. The van der Waals surface area contributed by atoms with Gasteiger partial charge in [0.15, 0.2) is 5.11 Å². The van der Waals surface area contributed by atoms with Gasteiger partial charge in [-0.2, -0.15) is 0 Å². The number of amides is 1. The van der Waals surface area contributed by atoms with Crippen LogP contribution in [-0.4, -0.2) is 11.0 Å². The summed E-state index contributed by atoms with van der Waals surface area (Å²) < 4.78 is 5.45. The van der Waals surface area contributed by atoms with Crippen molar-refractivity contribution >= 4 is 39.9 Å². The van der Waals surface area contributed by atoms with Gasteiger partial charge in [0.1, 0.15) is 5.58 Å². The van der Waals surface area contributed by atoms with Crippen molar-refractivity contribution in [2.24, 2.45) is 0 Å². The highest BCUT2D eigenvalue weighted by Crippen LogP contribution is 2.26. The van der Waals surface area contributed by atoms with Crippen molar-refractivity contribution in [3.05, 3.63) is 99.9 Å². The third-order valence-corrected chi connectivity index (χ3v) is 5.18. The molecule has 5 nitrogen and oxygen atoms in total. The summed E-state index contributed by atoms with van der Waals surface area (Å²) >= 11 is 5.32. The van der Waals surface area contributed by atoms with Gasteiger partial charge in [0.25, 0.3) is 5.91 Å². The quantitative estimate of drug-likeness (QED) is 0.347. The van der Waals surface area contributed by atoms with Crippen molar-refractivity contribution in [1.82, 2.24) is 5.32 Å². The van der Waals surface area contributed by atoms with Crippen molar-refractivity contribution in [2.45, 2.75) is 13.8 Å². The van der Waals surface area contributed by atoms with Crippen LogP contribution in [-0.2, 0) is 0 Å². The number of rotatable bonds is 3. The number of nitrogens with one attached hydrogen (secondary N) is 2. The van der Waals surface area contributed by atoms with Crippen molar-refractivity contribution in [1.29, 1.82) is 0 Å². The maximum atomic E-state index is 12.5. The highest BCUT2D eigenvalue weighted by molar-refractivity contribution is 7.80. The van der Waals surface area contributed by atoms with Gasteiger partial charge in [0.05, 0.1) is 5.56 Å². The monoisotopic (exact) mass is 428 g/mol. The van der Waals surface area contributed by atoms with Crippen LogP contribution in [0.25, 0.3) is 22.1 Å². The van der Waals surface area contributed by atoms with E-state index in [1.807, 2.05) is 68.4 Å². The highest BCUT2D eigenvalue weighted by Gasteiger charge is 2.12. The predicted octanol–water partition coefficient (Wildman–Crippen LogP) is 5.20. The minimum atomic E-state index is -0.413. The Morgan fingerprint density at radius 1 is 0.935 bits per heavy atom. The Balaban J connectivity index is 1.57. The van der Waals surface area contributed by atoms with Crippen molar-refractivity contribution in [3.63, 3.8) is 0 Å². The third-order valence-electron chi connectivity index (χ3n) is 4.98. The largest absolute Gasteiger partial charge is 0.422 e. The van der Waals surface area contributed by atoms with Gasteiger partial charge in [-0.05, 0) is 67.5 Å². The lowest BCUT2D eigenvalue weighted by atomic mass is 10.0. The second-order valence-corrected chi connectivity index (χ2v) is 7.70. The normalized spacial score (nSPS) is 10.6. The first-order chi connectivity index (χ1) is 14.9.